The first kappa shape index (κ1) is 23.8. The zero-order valence-corrected chi connectivity index (χ0v) is 20.5. The van der Waals surface area contributed by atoms with Gasteiger partial charge in [-0.15, -0.1) is 0 Å². The van der Waals surface area contributed by atoms with Crippen molar-refractivity contribution >= 4 is 17.7 Å². The summed E-state index contributed by atoms with van der Waals surface area (Å²) in [5.74, 6) is 1.02. The molecule has 5 rings (SSSR count). The Kier molecular flexibility index (Phi) is 7.10. The van der Waals surface area contributed by atoms with Crippen LogP contribution in [-0.4, -0.2) is 19.4 Å². The minimum absolute atomic E-state index is 0.139. The molecule has 0 fully saturated rings. The third-order valence-electron chi connectivity index (χ3n) is 6.41. The Balaban J connectivity index is 1.53. The Morgan fingerprint density at radius 2 is 1.53 bits per heavy atom. The van der Waals surface area contributed by atoms with Gasteiger partial charge >= 0.3 is 6.09 Å². The first-order valence-electron chi connectivity index (χ1n) is 11.7. The Hall–Kier alpha value is -3.96. The third kappa shape index (κ3) is 5.02. The number of methoxy groups -OCH3 is 1. The number of carbonyl (C=O) groups is 1. The largest absolute Gasteiger partial charge is 0.497 e. The van der Waals surface area contributed by atoms with E-state index in [9.17, 15) is 4.79 Å². The molecule has 1 aliphatic heterocycles. The van der Waals surface area contributed by atoms with Crippen molar-refractivity contribution < 1.29 is 19.0 Å². The molecule has 1 aliphatic rings. The first-order valence-corrected chi connectivity index (χ1v) is 12.1. The number of alkyl carbamates (subject to hydrolysis) is 1. The lowest BCUT2D eigenvalue weighted by molar-refractivity contribution is 0.0803. The van der Waals surface area contributed by atoms with E-state index in [4.69, 9.17) is 25.8 Å². The van der Waals surface area contributed by atoms with Crippen molar-refractivity contribution in [1.29, 1.82) is 0 Å². The molecule has 0 aromatic heterocycles. The lowest BCUT2D eigenvalue weighted by Crippen LogP contribution is -2.48. The highest BCUT2D eigenvalue weighted by molar-refractivity contribution is 6.31. The van der Waals surface area contributed by atoms with Crippen LogP contribution in [0.2, 0.25) is 5.02 Å². The summed E-state index contributed by atoms with van der Waals surface area (Å²) < 4.78 is 17.3. The third-order valence-corrected chi connectivity index (χ3v) is 6.75. The van der Waals surface area contributed by atoms with Crippen LogP contribution in [-0.2, 0) is 11.3 Å². The number of hydrogen-bond donors (Lipinski definition) is 1. The molecule has 5 nitrogen and oxygen atoms in total. The van der Waals surface area contributed by atoms with Crippen LogP contribution < -0.4 is 14.8 Å². The van der Waals surface area contributed by atoms with Gasteiger partial charge in [0, 0.05) is 16.5 Å². The zero-order valence-electron chi connectivity index (χ0n) is 19.8. The first-order chi connectivity index (χ1) is 17.6. The summed E-state index contributed by atoms with van der Waals surface area (Å²) in [4.78, 5) is 12.9. The van der Waals surface area contributed by atoms with Crippen molar-refractivity contribution in [2.75, 3.05) is 7.11 Å². The van der Waals surface area contributed by atoms with Gasteiger partial charge in [0.1, 0.15) is 18.1 Å². The number of para-hydroxylation sites is 1. The minimum Gasteiger partial charge on any atom is -0.497 e. The normalized spacial score (nSPS) is 18.4. The van der Waals surface area contributed by atoms with Gasteiger partial charge in [-0.2, -0.15) is 0 Å². The average Bonchev–Trinajstić information content (AvgIpc) is 2.92. The number of fused-ring (bicyclic) bond motifs is 1. The van der Waals surface area contributed by atoms with E-state index < -0.39 is 12.3 Å². The van der Waals surface area contributed by atoms with Crippen molar-refractivity contribution in [3.05, 3.63) is 130 Å². The number of nitrogens with one attached hydrogen (secondary N) is 1. The molecule has 4 aromatic carbocycles. The Morgan fingerprint density at radius 1 is 0.861 bits per heavy atom. The van der Waals surface area contributed by atoms with E-state index in [1.807, 2.05) is 97.1 Å². The molecule has 0 saturated heterocycles. The van der Waals surface area contributed by atoms with Crippen molar-refractivity contribution in [2.45, 2.75) is 24.7 Å². The smallest absolute Gasteiger partial charge is 0.410 e. The van der Waals surface area contributed by atoms with E-state index >= 15 is 0 Å². The second-order valence-corrected chi connectivity index (χ2v) is 8.99. The molecule has 6 heteroatoms. The number of halogens is 1. The van der Waals surface area contributed by atoms with Gasteiger partial charge in [-0.05, 0) is 41.0 Å². The van der Waals surface area contributed by atoms with Crippen molar-refractivity contribution in [3.8, 4) is 11.5 Å². The maximum absolute atomic E-state index is 12.9. The fourth-order valence-corrected chi connectivity index (χ4v) is 4.97. The summed E-state index contributed by atoms with van der Waals surface area (Å²) in [6, 6.07) is 33.1. The fourth-order valence-electron chi connectivity index (χ4n) is 4.71. The van der Waals surface area contributed by atoms with E-state index in [0.717, 1.165) is 28.0 Å². The lowest BCUT2D eigenvalue weighted by atomic mass is 9.74. The molecule has 36 heavy (non-hydrogen) atoms. The number of benzene rings is 4. The Bertz CT molecular complexity index is 1330. The number of ether oxygens (including phenoxy) is 3. The molecule has 1 heterocycles. The highest BCUT2D eigenvalue weighted by Gasteiger charge is 2.42. The van der Waals surface area contributed by atoms with E-state index in [-0.39, 0.29) is 18.4 Å². The molecule has 3 atom stereocenters. The average molecular weight is 500 g/mol. The highest BCUT2D eigenvalue weighted by atomic mass is 35.5. The SMILES string of the molecule is COc1ccc([C@@H]2c3ccccc3O[C@H](NC(=O)OCc3ccccc3)[C@H]2c2ccccc2Cl)cc1. The molecule has 4 aromatic rings. The van der Waals surface area contributed by atoms with Crippen LogP contribution in [0.25, 0.3) is 0 Å². The van der Waals surface area contributed by atoms with Crippen LogP contribution >= 0.6 is 11.6 Å². The van der Waals surface area contributed by atoms with Crippen LogP contribution in [0.15, 0.2) is 103 Å². The summed E-state index contributed by atoms with van der Waals surface area (Å²) in [6.45, 7) is 0.161. The summed E-state index contributed by atoms with van der Waals surface area (Å²) in [5.41, 5.74) is 3.85. The summed E-state index contributed by atoms with van der Waals surface area (Å²) >= 11 is 6.71. The standard InChI is InChI=1S/C30H26ClNO4/c1-34-22-17-15-21(16-18-22)27-24-12-6-8-14-26(24)36-29(28(27)23-11-5-7-13-25(23)31)32-30(33)35-19-20-9-3-2-4-10-20/h2-18,27-29H,19H2,1H3,(H,32,33)/t27-,28+,29+/m1/s1. The van der Waals surface area contributed by atoms with Gasteiger partial charge in [0.15, 0.2) is 6.23 Å². The van der Waals surface area contributed by atoms with Crippen molar-refractivity contribution in [2.24, 2.45) is 0 Å². The quantitative estimate of drug-likeness (QED) is 0.313. The second-order valence-electron chi connectivity index (χ2n) is 8.58. The highest BCUT2D eigenvalue weighted by Crippen LogP contribution is 2.49. The topological polar surface area (TPSA) is 56.8 Å². The molecular formula is C30H26ClNO4. The number of carbonyl (C=O) groups excluding carboxylic acids is 1. The number of rotatable bonds is 6. The van der Waals surface area contributed by atoms with Gasteiger partial charge in [0.25, 0.3) is 0 Å². The van der Waals surface area contributed by atoms with Gasteiger partial charge in [-0.1, -0.05) is 90.5 Å². The molecule has 0 aliphatic carbocycles. The molecule has 0 spiro atoms. The maximum atomic E-state index is 12.9. The van der Waals surface area contributed by atoms with Crippen LogP contribution in [0.5, 0.6) is 11.5 Å². The molecule has 1 N–H and O–H groups in total. The molecule has 0 unspecified atom stereocenters. The van der Waals surface area contributed by atoms with Crippen molar-refractivity contribution in [1.82, 2.24) is 5.32 Å². The van der Waals surface area contributed by atoms with Gasteiger partial charge in [-0.25, -0.2) is 4.79 Å². The predicted molar refractivity (Wildman–Crippen MR) is 140 cm³/mol. The van der Waals surface area contributed by atoms with Crippen LogP contribution in [0.4, 0.5) is 4.79 Å². The lowest BCUT2D eigenvalue weighted by Gasteiger charge is -2.40. The van der Waals surface area contributed by atoms with Gasteiger partial charge < -0.3 is 14.2 Å². The molecule has 1 amide bonds. The molecular weight excluding hydrogens is 474 g/mol. The summed E-state index contributed by atoms with van der Waals surface area (Å²) in [7, 11) is 1.65. The van der Waals surface area contributed by atoms with Gasteiger partial charge in [0.2, 0.25) is 0 Å². The molecule has 0 saturated carbocycles. The minimum atomic E-state index is -0.713. The molecule has 0 bridgehead atoms. The Labute approximate surface area is 215 Å². The van der Waals surface area contributed by atoms with Crippen molar-refractivity contribution in [3.63, 3.8) is 0 Å². The zero-order chi connectivity index (χ0) is 24.9. The Morgan fingerprint density at radius 3 is 2.25 bits per heavy atom. The summed E-state index contributed by atoms with van der Waals surface area (Å²) in [6.07, 6.45) is -1.27. The van der Waals surface area contributed by atoms with Gasteiger partial charge in [0.05, 0.1) is 13.0 Å². The number of amides is 1. The maximum Gasteiger partial charge on any atom is 0.410 e. The van der Waals surface area contributed by atoms with Gasteiger partial charge in [-0.3, -0.25) is 5.32 Å². The summed E-state index contributed by atoms with van der Waals surface area (Å²) in [5, 5.41) is 3.57. The van der Waals surface area contributed by atoms with E-state index in [1.165, 1.54) is 0 Å². The fraction of sp³-hybridized carbons (Fsp3) is 0.167. The molecule has 0 radical (unpaired) electrons. The molecule has 182 valence electrons. The van der Waals surface area contributed by atoms with E-state index in [2.05, 4.69) is 11.4 Å². The van der Waals surface area contributed by atoms with E-state index in [1.54, 1.807) is 7.11 Å². The van der Waals surface area contributed by atoms with Crippen LogP contribution in [0.1, 0.15) is 34.1 Å². The predicted octanol–water partition coefficient (Wildman–Crippen LogP) is 6.91. The number of hydrogen-bond acceptors (Lipinski definition) is 4. The van der Waals surface area contributed by atoms with E-state index in [0.29, 0.717) is 10.8 Å². The van der Waals surface area contributed by atoms with Crippen LogP contribution in [0, 0.1) is 0 Å². The monoisotopic (exact) mass is 499 g/mol. The van der Waals surface area contributed by atoms with Crippen LogP contribution in [0.3, 0.4) is 0 Å². The second kappa shape index (κ2) is 10.8.